The fourth-order valence-electron chi connectivity index (χ4n) is 1.62. The van der Waals surface area contributed by atoms with Crippen LogP contribution in [0.5, 0.6) is 0 Å². The van der Waals surface area contributed by atoms with Gasteiger partial charge in [0.2, 0.25) is 0 Å². The topological polar surface area (TPSA) is 43.6 Å². The lowest BCUT2D eigenvalue weighted by atomic mass is 9.95. The Hall–Kier alpha value is -1.63. The average Bonchev–Trinajstić information content (AvgIpc) is 2.80. The van der Waals surface area contributed by atoms with Gasteiger partial charge in [0.15, 0.2) is 5.82 Å². The van der Waals surface area contributed by atoms with Crippen LogP contribution in [0.3, 0.4) is 0 Å². The van der Waals surface area contributed by atoms with E-state index in [-0.39, 0.29) is 16.4 Å². The summed E-state index contributed by atoms with van der Waals surface area (Å²) in [5.74, 6) is 0.688. The molecule has 2 rings (SSSR count). The highest BCUT2D eigenvalue weighted by Crippen LogP contribution is 2.30. The molecule has 0 saturated carbocycles. The van der Waals surface area contributed by atoms with Crippen molar-refractivity contribution in [1.82, 2.24) is 19.7 Å². The molecule has 8 heteroatoms. The maximum Gasteiger partial charge on any atom is 0.419 e. The van der Waals surface area contributed by atoms with Crippen LogP contribution in [-0.4, -0.2) is 19.7 Å². The second kappa shape index (κ2) is 4.98. The summed E-state index contributed by atoms with van der Waals surface area (Å²) >= 11 is 6.06. The van der Waals surface area contributed by atoms with Gasteiger partial charge in [0.05, 0.1) is 11.8 Å². The number of alkyl halides is 3. The molecule has 0 radical (unpaired) electrons. The molecule has 2 aromatic heterocycles. The van der Waals surface area contributed by atoms with Crippen LogP contribution in [0.15, 0.2) is 12.4 Å². The molecular formula is C13H14ClF3N4. The first-order valence-electron chi connectivity index (χ1n) is 6.17. The van der Waals surface area contributed by atoms with Gasteiger partial charge in [-0.05, 0) is 6.92 Å². The summed E-state index contributed by atoms with van der Waals surface area (Å²) in [6.07, 6.45) is -2.81. The van der Waals surface area contributed by atoms with Crippen molar-refractivity contribution < 1.29 is 13.2 Å². The second-order valence-electron chi connectivity index (χ2n) is 5.71. The zero-order valence-corrected chi connectivity index (χ0v) is 12.7. The Morgan fingerprint density at radius 2 is 1.76 bits per heavy atom. The molecule has 0 aromatic carbocycles. The number of hydrogen-bond donors (Lipinski definition) is 0. The van der Waals surface area contributed by atoms with Crippen LogP contribution in [0.4, 0.5) is 13.2 Å². The smallest absolute Gasteiger partial charge is 0.222 e. The van der Waals surface area contributed by atoms with Gasteiger partial charge in [-0.1, -0.05) is 32.4 Å². The standard InChI is InChI=1S/C13H14ClF3N4/c1-7-9(14)19-11(12(2,3)4)20-10(7)21-6-8(5-18-21)13(15,16)17/h5-6H,1-4H3. The summed E-state index contributed by atoms with van der Waals surface area (Å²) in [6.45, 7) is 7.31. The molecular weight excluding hydrogens is 305 g/mol. The molecule has 2 aromatic rings. The van der Waals surface area contributed by atoms with Crippen molar-refractivity contribution in [2.75, 3.05) is 0 Å². The zero-order valence-electron chi connectivity index (χ0n) is 12.0. The molecule has 0 bridgehead atoms. The van der Waals surface area contributed by atoms with Crippen molar-refractivity contribution in [3.8, 4) is 5.82 Å². The number of nitrogens with zero attached hydrogens (tertiary/aromatic N) is 4. The number of hydrogen-bond acceptors (Lipinski definition) is 3. The molecule has 0 amide bonds. The summed E-state index contributed by atoms with van der Waals surface area (Å²) in [4.78, 5) is 8.48. The molecule has 4 nitrogen and oxygen atoms in total. The molecule has 0 unspecified atom stereocenters. The van der Waals surface area contributed by atoms with Crippen molar-refractivity contribution in [3.63, 3.8) is 0 Å². The van der Waals surface area contributed by atoms with Crippen molar-refractivity contribution in [3.05, 3.63) is 34.5 Å². The molecule has 2 heterocycles. The maximum atomic E-state index is 12.7. The van der Waals surface area contributed by atoms with E-state index in [2.05, 4.69) is 15.1 Å². The molecule has 0 fully saturated rings. The summed E-state index contributed by atoms with van der Waals surface area (Å²) in [6, 6.07) is 0. The van der Waals surface area contributed by atoms with Gasteiger partial charge in [0.1, 0.15) is 11.0 Å². The Bertz CT molecular complexity index is 671. The Morgan fingerprint density at radius 3 is 2.24 bits per heavy atom. The quantitative estimate of drug-likeness (QED) is 0.748. The maximum absolute atomic E-state index is 12.7. The summed E-state index contributed by atoms with van der Waals surface area (Å²) < 4.78 is 39.0. The Kier molecular flexibility index (Phi) is 3.73. The van der Waals surface area contributed by atoms with Crippen LogP contribution in [0.25, 0.3) is 5.82 Å². The van der Waals surface area contributed by atoms with Crippen LogP contribution in [-0.2, 0) is 11.6 Å². The molecule has 0 spiro atoms. The zero-order chi connectivity index (χ0) is 16.0. The number of halogens is 4. The minimum Gasteiger partial charge on any atom is -0.222 e. The van der Waals surface area contributed by atoms with Crippen LogP contribution < -0.4 is 0 Å². The molecule has 0 N–H and O–H groups in total. The Labute approximate surface area is 125 Å². The van der Waals surface area contributed by atoms with Crippen molar-refractivity contribution in [1.29, 1.82) is 0 Å². The predicted octanol–water partition coefficient (Wildman–Crippen LogP) is 3.94. The third kappa shape index (κ3) is 3.18. The number of aromatic nitrogens is 4. The van der Waals surface area contributed by atoms with E-state index < -0.39 is 11.7 Å². The molecule has 0 saturated heterocycles. The van der Waals surface area contributed by atoms with Crippen molar-refractivity contribution in [2.24, 2.45) is 0 Å². The fraction of sp³-hybridized carbons (Fsp3) is 0.462. The highest BCUT2D eigenvalue weighted by atomic mass is 35.5. The molecule has 21 heavy (non-hydrogen) atoms. The van der Waals surface area contributed by atoms with E-state index in [1.807, 2.05) is 20.8 Å². The van der Waals surface area contributed by atoms with Gasteiger partial charge in [-0.2, -0.15) is 18.3 Å². The van der Waals surface area contributed by atoms with Crippen molar-refractivity contribution >= 4 is 11.6 Å². The van der Waals surface area contributed by atoms with E-state index in [0.29, 0.717) is 11.4 Å². The van der Waals surface area contributed by atoms with E-state index >= 15 is 0 Å². The first-order chi connectivity index (χ1) is 9.50. The van der Waals surface area contributed by atoms with Crippen LogP contribution >= 0.6 is 11.6 Å². The predicted molar refractivity (Wildman–Crippen MR) is 72.6 cm³/mol. The van der Waals surface area contributed by atoms with E-state index in [9.17, 15) is 13.2 Å². The molecule has 114 valence electrons. The monoisotopic (exact) mass is 318 g/mol. The Morgan fingerprint density at radius 1 is 1.14 bits per heavy atom. The van der Waals surface area contributed by atoms with Gasteiger partial charge in [0, 0.05) is 17.2 Å². The first kappa shape index (κ1) is 15.8. The second-order valence-corrected chi connectivity index (χ2v) is 6.07. The van der Waals surface area contributed by atoms with Gasteiger partial charge >= 0.3 is 6.18 Å². The largest absolute Gasteiger partial charge is 0.419 e. The van der Waals surface area contributed by atoms with E-state index in [4.69, 9.17) is 11.6 Å². The summed E-state index contributed by atoms with van der Waals surface area (Å²) in [7, 11) is 0. The van der Waals surface area contributed by atoms with E-state index in [0.717, 1.165) is 17.1 Å². The lowest BCUT2D eigenvalue weighted by Gasteiger charge is -2.18. The lowest BCUT2D eigenvalue weighted by Crippen LogP contribution is -2.18. The van der Waals surface area contributed by atoms with E-state index in [1.165, 1.54) is 0 Å². The minimum absolute atomic E-state index is 0.203. The van der Waals surface area contributed by atoms with Crippen LogP contribution in [0.1, 0.15) is 37.7 Å². The Balaban J connectivity index is 2.58. The average molecular weight is 319 g/mol. The molecule has 0 aliphatic rings. The molecule has 0 aliphatic heterocycles. The van der Waals surface area contributed by atoms with E-state index in [1.54, 1.807) is 6.92 Å². The van der Waals surface area contributed by atoms with Crippen molar-refractivity contribution in [2.45, 2.75) is 39.3 Å². The molecule has 0 atom stereocenters. The van der Waals surface area contributed by atoms with Gasteiger partial charge in [0.25, 0.3) is 0 Å². The lowest BCUT2D eigenvalue weighted by molar-refractivity contribution is -0.137. The fourth-order valence-corrected chi connectivity index (χ4v) is 1.79. The normalized spacial score (nSPS) is 12.8. The summed E-state index contributed by atoms with van der Waals surface area (Å²) in [5, 5.41) is 3.93. The van der Waals surface area contributed by atoms with Gasteiger partial charge in [-0.15, -0.1) is 0 Å². The minimum atomic E-state index is -4.45. The highest BCUT2D eigenvalue weighted by Gasteiger charge is 2.32. The summed E-state index contributed by atoms with van der Waals surface area (Å²) in [5.41, 5.74) is -0.748. The number of rotatable bonds is 1. The van der Waals surface area contributed by atoms with Crippen LogP contribution in [0, 0.1) is 6.92 Å². The van der Waals surface area contributed by atoms with Gasteiger partial charge in [-0.25, -0.2) is 14.6 Å². The van der Waals surface area contributed by atoms with Crippen LogP contribution in [0.2, 0.25) is 5.15 Å². The third-order valence-corrected chi connectivity index (χ3v) is 3.23. The highest BCUT2D eigenvalue weighted by molar-refractivity contribution is 6.30. The molecule has 0 aliphatic carbocycles. The first-order valence-corrected chi connectivity index (χ1v) is 6.55. The third-order valence-electron chi connectivity index (χ3n) is 2.86. The van der Waals surface area contributed by atoms with Gasteiger partial charge < -0.3 is 0 Å². The van der Waals surface area contributed by atoms with Gasteiger partial charge in [-0.3, -0.25) is 0 Å². The SMILES string of the molecule is Cc1c(Cl)nc(C(C)(C)C)nc1-n1cc(C(F)(F)F)cn1.